The van der Waals surface area contributed by atoms with Crippen LogP contribution in [0, 0.1) is 0 Å². The lowest BCUT2D eigenvalue weighted by Gasteiger charge is -2.07. The first-order valence-corrected chi connectivity index (χ1v) is 5.76. The van der Waals surface area contributed by atoms with Gasteiger partial charge in [0.1, 0.15) is 5.75 Å². The first kappa shape index (κ1) is 12.9. The van der Waals surface area contributed by atoms with Gasteiger partial charge in [-0.1, -0.05) is 0 Å². The minimum atomic E-state index is 0.0975. The highest BCUT2D eigenvalue weighted by atomic mass is 16.5. The maximum atomic E-state index is 5.55. The van der Waals surface area contributed by atoms with E-state index in [-0.39, 0.29) is 12.0 Å². The second-order valence-electron chi connectivity index (χ2n) is 3.59. The van der Waals surface area contributed by atoms with E-state index in [1.807, 2.05) is 31.2 Å². The molecule has 0 bridgehead atoms. The Hall–Kier alpha value is -2.57. The van der Waals surface area contributed by atoms with Crippen molar-refractivity contribution in [3.8, 4) is 11.8 Å². The molecule has 0 spiro atoms. The van der Waals surface area contributed by atoms with Crippen LogP contribution in [0.2, 0.25) is 0 Å². The Bertz CT molecular complexity index is 544. The van der Waals surface area contributed by atoms with Crippen molar-refractivity contribution < 1.29 is 9.47 Å². The number of nitrogens with zero attached hydrogens (tertiary/aromatic N) is 3. The molecule has 19 heavy (non-hydrogen) atoms. The molecule has 1 heterocycles. The number of rotatable bonds is 5. The Morgan fingerprint density at radius 1 is 1.16 bits per heavy atom. The molecule has 3 N–H and O–H groups in total. The number of nitrogens with one attached hydrogen (secondary N) is 1. The van der Waals surface area contributed by atoms with Crippen molar-refractivity contribution in [2.24, 2.45) is 0 Å². The van der Waals surface area contributed by atoms with Gasteiger partial charge >= 0.3 is 6.01 Å². The van der Waals surface area contributed by atoms with Gasteiger partial charge in [0.2, 0.25) is 11.9 Å². The van der Waals surface area contributed by atoms with Crippen molar-refractivity contribution in [2.45, 2.75) is 6.92 Å². The maximum absolute atomic E-state index is 5.55. The van der Waals surface area contributed by atoms with Gasteiger partial charge in [-0.05, 0) is 31.2 Å². The predicted molar refractivity (Wildman–Crippen MR) is 71.7 cm³/mol. The number of methoxy groups -OCH3 is 1. The van der Waals surface area contributed by atoms with Gasteiger partial charge in [-0.25, -0.2) is 0 Å². The molecule has 0 amide bonds. The van der Waals surface area contributed by atoms with Crippen LogP contribution in [0.15, 0.2) is 24.3 Å². The van der Waals surface area contributed by atoms with E-state index >= 15 is 0 Å². The summed E-state index contributed by atoms with van der Waals surface area (Å²) < 4.78 is 10.3. The third kappa shape index (κ3) is 3.44. The second-order valence-corrected chi connectivity index (χ2v) is 3.59. The molecule has 0 atom stereocenters. The molecule has 100 valence electrons. The van der Waals surface area contributed by atoms with Crippen LogP contribution >= 0.6 is 0 Å². The largest absolute Gasteiger partial charge is 0.494 e. The Morgan fingerprint density at radius 2 is 1.89 bits per heavy atom. The van der Waals surface area contributed by atoms with E-state index in [2.05, 4.69) is 20.3 Å². The summed E-state index contributed by atoms with van der Waals surface area (Å²) >= 11 is 0. The number of ether oxygens (including phenoxy) is 2. The average molecular weight is 261 g/mol. The molecule has 1 aromatic carbocycles. The molecule has 7 heteroatoms. The molecule has 0 aliphatic carbocycles. The van der Waals surface area contributed by atoms with E-state index in [1.165, 1.54) is 7.11 Å². The van der Waals surface area contributed by atoms with Crippen LogP contribution in [0.1, 0.15) is 6.92 Å². The van der Waals surface area contributed by atoms with E-state index in [0.29, 0.717) is 12.6 Å². The van der Waals surface area contributed by atoms with Gasteiger partial charge in [-0.2, -0.15) is 15.0 Å². The zero-order valence-electron chi connectivity index (χ0n) is 10.8. The van der Waals surface area contributed by atoms with Crippen molar-refractivity contribution in [1.29, 1.82) is 0 Å². The zero-order valence-corrected chi connectivity index (χ0v) is 10.8. The van der Waals surface area contributed by atoms with Gasteiger partial charge in [-0.15, -0.1) is 0 Å². The third-order valence-corrected chi connectivity index (χ3v) is 2.24. The van der Waals surface area contributed by atoms with Gasteiger partial charge in [0.15, 0.2) is 0 Å². The quantitative estimate of drug-likeness (QED) is 0.844. The van der Waals surface area contributed by atoms with E-state index in [0.717, 1.165) is 11.4 Å². The van der Waals surface area contributed by atoms with E-state index in [4.69, 9.17) is 15.2 Å². The Labute approximate surface area is 110 Å². The molecule has 2 rings (SSSR count). The number of benzene rings is 1. The van der Waals surface area contributed by atoms with E-state index < -0.39 is 0 Å². The normalized spacial score (nSPS) is 10.0. The molecule has 1 aromatic heterocycles. The second kappa shape index (κ2) is 5.85. The summed E-state index contributed by atoms with van der Waals surface area (Å²) in [4.78, 5) is 11.8. The van der Waals surface area contributed by atoms with Gasteiger partial charge in [-0.3, -0.25) is 0 Å². The summed E-state index contributed by atoms with van der Waals surface area (Å²) in [5, 5.41) is 3.01. The van der Waals surface area contributed by atoms with Crippen LogP contribution < -0.4 is 20.5 Å². The maximum Gasteiger partial charge on any atom is 0.322 e. The fraction of sp³-hybridized carbons (Fsp3) is 0.250. The van der Waals surface area contributed by atoms with Gasteiger partial charge in [0.25, 0.3) is 0 Å². The summed E-state index contributed by atoms with van der Waals surface area (Å²) in [6, 6.07) is 7.59. The number of hydrogen-bond acceptors (Lipinski definition) is 7. The average Bonchev–Trinajstić information content (AvgIpc) is 2.40. The van der Waals surface area contributed by atoms with Crippen molar-refractivity contribution in [2.75, 3.05) is 24.8 Å². The fourth-order valence-electron chi connectivity index (χ4n) is 1.45. The minimum Gasteiger partial charge on any atom is -0.494 e. The molecule has 0 saturated carbocycles. The Morgan fingerprint density at radius 3 is 2.53 bits per heavy atom. The lowest BCUT2D eigenvalue weighted by atomic mass is 10.3. The topological polar surface area (TPSA) is 95.2 Å². The van der Waals surface area contributed by atoms with Gasteiger partial charge in [0, 0.05) is 5.69 Å². The van der Waals surface area contributed by atoms with Crippen LogP contribution in [0.4, 0.5) is 17.6 Å². The van der Waals surface area contributed by atoms with Crippen LogP contribution in [0.5, 0.6) is 11.8 Å². The molecule has 0 aliphatic rings. The van der Waals surface area contributed by atoms with Gasteiger partial charge in [0.05, 0.1) is 13.7 Å². The highest BCUT2D eigenvalue weighted by Crippen LogP contribution is 2.19. The molecule has 0 aliphatic heterocycles. The molecule has 0 saturated heterocycles. The third-order valence-electron chi connectivity index (χ3n) is 2.24. The summed E-state index contributed by atoms with van der Waals surface area (Å²) in [7, 11) is 1.47. The molecule has 0 fully saturated rings. The van der Waals surface area contributed by atoms with Crippen molar-refractivity contribution in [3.05, 3.63) is 24.3 Å². The zero-order chi connectivity index (χ0) is 13.7. The number of nitrogens with two attached hydrogens (primary N) is 1. The highest BCUT2D eigenvalue weighted by Gasteiger charge is 2.04. The number of hydrogen-bond donors (Lipinski definition) is 2. The summed E-state index contributed by atoms with van der Waals surface area (Å²) in [6.45, 7) is 2.57. The summed E-state index contributed by atoms with van der Waals surface area (Å²) in [5.74, 6) is 1.23. The standard InChI is InChI=1S/C12H15N5O2/c1-3-19-9-6-4-8(5-7-9)14-11-15-10(13)16-12(17-11)18-2/h4-7H,3H2,1-2H3,(H3,13,14,15,16,17). The Kier molecular flexibility index (Phi) is 3.97. The lowest BCUT2D eigenvalue weighted by Crippen LogP contribution is -2.05. The first-order valence-electron chi connectivity index (χ1n) is 5.76. The molecule has 0 radical (unpaired) electrons. The number of anilines is 3. The minimum absolute atomic E-state index is 0.0975. The SMILES string of the molecule is CCOc1ccc(Nc2nc(N)nc(OC)n2)cc1. The van der Waals surface area contributed by atoms with E-state index in [9.17, 15) is 0 Å². The molecular formula is C12H15N5O2. The number of nitrogen functional groups attached to an aromatic ring is 1. The van der Waals surface area contributed by atoms with Crippen molar-refractivity contribution in [3.63, 3.8) is 0 Å². The smallest absolute Gasteiger partial charge is 0.322 e. The van der Waals surface area contributed by atoms with Crippen LogP contribution in [0.3, 0.4) is 0 Å². The van der Waals surface area contributed by atoms with Crippen molar-refractivity contribution >= 4 is 17.6 Å². The molecule has 7 nitrogen and oxygen atoms in total. The summed E-state index contributed by atoms with van der Waals surface area (Å²) in [6.07, 6.45) is 0. The van der Waals surface area contributed by atoms with Crippen LogP contribution in [0.25, 0.3) is 0 Å². The first-order chi connectivity index (χ1) is 9.21. The predicted octanol–water partition coefficient (Wildman–Crippen LogP) is 1.60. The summed E-state index contributed by atoms with van der Waals surface area (Å²) in [5.41, 5.74) is 6.37. The molecule has 2 aromatic rings. The van der Waals surface area contributed by atoms with Gasteiger partial charge < -0.3 is 20.5 Å². The van der Waals surface area contributed by atoms with E-state index in [1.54, 1.807) is 0 Å². The van der Waals surface area contributed by atoms with Crippen LogP contribution in [-0.4, -0.2) is 28.7 Å². The van der Waals surface area contributed by atoms with Crippen molar-refractivity contribution in [1.82, 2.24) is 15.0 Å². The Balaban J connectivity index is 2.14. The van der Waals surface area contributed by atoms with Crippen LogP contribution in [-0.2, 0) is 0 Å². The lowest BCUT2D eigenvalue weighted by molar-refractivity contribution is 0.340. The monoisotopic (exact) mass is 261 g/mol. The molecule has 0 unspecified atom stereocenters. The highest BCUT2D eigenvalue weighted by molar-refractivity contribution is 5.55. The molecular weight excluding hydrogens is 246 g/mol. The number of aromatic nitrogens is 3. The fourth-order valence-corrected chi connectivity index (χ4v) is 1.45.